The first-order chi connectivity index (χ1) is 11.6. The summed E-state index contributed by atoms with van der Waals surface area (Å²) in [6, 6.07) is 5.42. The smallest absolute Gasteiger partial charge is 0.317 e. The summed E-state index contributed by atoms with van der Waals surface area (Å²) in [5.74, 6) is 0.509. The molecule has 7 heteroatoms. The van der Waals surface area contributed by atoms with Crippen LogP contribution in [0.1, 0.15) is 24.5 Å². The molecule has 0 radical (unpaired) electrons. The monoisotopic (exact) mass is 372 g/mol. The molecule has 2 aliphatic heterocycles. The van der Waals surface area contributed by atoms with Gasteiger partial charge < -0.3 is 19.7 Å². The van der Waals surface area contributed by atoms with Gasteiger partial charge in [0.15, 0.2) is 0 Å². The molecule has 0 bridgehead atoms. The molecule has 1 atom stereocenters. The minimum absolute atomic E-state index is 0.0325. The van der Waals surface area contributed by atoms with Crippen molar-refractivity contribution in [1.82, 2.24) is 10.2 Å². The van der Waals surface area contributed by atoms with E-state index >= 15 is 0 Å². The molecule has 2 heterocycles. The summed E-state index contributed by atoms with van der Waals surface area (Å²) in [6.45, 7) is 3.90. The molecule has 1 aromatic rings. The molecule has 2 saturated heterocycles. The molecular formula is C17H22Cl2N2O3. The topological polar surface area (TPSA) is 50.8 Å². The van der Waals surface area contributed by atoms with Crippen LogP contribution >= 0.6 is 23.2 Å². The maximum Gasteiger partial charge on any atom is 0.317 e. The lowest BCUT2D eigenvalue weighted by Crippen LogP contribution is -2.48. The van der Waals surface area contributed by atoms with E-state index in [1.165, 1.54) is 0 Å². The summed E-state index contributed by atoms with van der Waals surface area (Å²) in [5.41, 5.74) is 0.936. The van der Waals surface area contributed by atoms with Gasteiger partial charge in [-0.15, -0.1) is 0 Å². The van der Waals surface area contributed by atoms with E-state index in [1.807, 2.05) is 6.07 Å². The number of rotatable bonds is 3. The molecular weight excluding hydrogens is 351 g/mol. The third kappa shape index (κ3) is 4.54. The normalized spacial score (nSPS) is 22.4. The van der Waals surface area contributed by atoms with Crippen LogP contribution in [0.3, 0.4) is 0 Å². The van der Waals surface area contributed by atoms with E-state index in [2.05, 4.69) is 5.32 Å². The number of morpholine rings is 1. The van der Waals surface area contributed by atoms with Crippen molar-refractivity contribution in [1.29, 1.82) is 0 Å². The number of nitrogens with zero attached hydrogens (tertiary/aromatic N) is 1. The van der Waals surface area contributed by atoms with Crippen molar-refractivity contribution in [3.8, 4) is 0 Å². The fourth-order valence-corrected chi connectivity index (χ4v) is 3.35. The van der Waals surface area contributed by atoms with Gasteiger partial charge in [-0.3, -0.25) is 0 Å². The van der Waals surface area contributed by atoms with Crippen LogP contribution in [-0.4, -0.2) is 50.4 Å². The molecule has 0 spiro atoms. The molecule has 1 aromatic carbocycles. The summed E-state index contributed by atoms with van der Waals surface area (Å²) in [7, 11) is 0. The number of nitrogens with one attached hydrogen (secondary N) is 1. The number of benzene rings is 1. The van der Waals surface area contributed by atoms with Crippen LogP contribution in [0.5, 0.6) is 0 Å². The number of amides is 2. The van der Waals surface area contributed by atoms with Gasteiger partial charge in [0.25, 0.3) is 0 Å². The van der Waals surface area contributed by atoms with Crippen molar-refractivity contribution in [2.24, 2.45) is 5.92 Å². The molecule has 2 fully saturated rings. The molecule has 5 nitrogen and oxygen atoms in total. The SMILES string of the molecule is O=C(NCC1CCOCC1)N1CCOC(c2ccc(Cl)c(Cl)c2)C1. The van der Waals surface area contributed by atoms with Gasteiger partial charge in [-0.05, 0) is 36.5 Å². The summed E-state index contributed by atoms with van der Waals surface area (Å²) in [5, 5.41) is 4.06. The summed E-state index contributed by atoms with van der Waals surface area (Å²) < 4.78 is 11.1. The average molecular weight is 373 g/mol. The number of carbonyl (C=O) groups is 1. The quantitative estimate of drug-likeness (QED) is 0.882. The molecule has 2 amide bonds. The third-order valence-corrected chi connectivity index (χ3v) is 5.29. The van der Waals surface area contributed by atoms with Crippen LogP contribution in [0.15, 0.2) is 18.2 Å². The van der Waals surface area contributed by atoms with Crippen molar-refractivity contribution >= 4 is 29.2 Å². The van der Waals surface area contributed by atoms with E-state index < -0.39 is 0 Å². The number of halogens is 2. The van der Waals surface area contributed by atoms with Gasteiger partial charge in [0.1, 0.15) is 6.10 Å². The Morgan fingerprint density at radius 2 is 2.00 bits per heavy atom. The molecule has 1 N–H and O–H groups in total. The Labute approximate surface area is 152 Å². The fraction of sp³-hybridized carbons (Fsp3) is 0.588. The second kappa shape index (κ2) is 8.39. The minimum Gasteiger partial charge on any atom is -0.381 e. The van der Waals surface area contributed by atoms with Crippen molar-refractivity contribution < 1.29 is 14.3 Å². The predicted molar refractivity (Wildman–Crippen MR) is 93.7 cm³/mol. The van der Waals surface area contributed by atoms with Crippen LogP contribution < -0.4 is 5.32 Å². The lowest BCUT2D eigenvalue weighted by atomic mass is 10.0. The second-order valence-electron chi connectivity index (χ2n) is 6.22. The largest absolute Gasteiger partial charge is 0.381 e. The highest BCUT2D eigenvalue weighted by Crippen LogP contribution is 2.29. The Kier molecular flexibility index (Phi) is 6.22. The Morgan fingerprint density at radius 1 is 1.21 bits per heavy atom. The first kappa shape index (κ1) is 17.8. The molecule has 0 saturated carbocycles. The van der Waals surface area contributed by atoms with Gasteiger partial charge in [0.05, 0.1) is 23.2 Å². The van der Waals surface area contributed by atoms with Gasteiger partial charge in [-0.1, -0.05) is 29.3 Å². The number of hydrogen-bond donors (Lipinski definition) is 1. The van der Waals surface area contributed by atoms with E-state index in [0.29, 0.717) is 42.2 Å². The highest BCUT2D eigenvalue weighted by atomic mass is 35.5. The third-order valence-electron chi connectivity index (χ3n) is 4.55. The van der Waals surface area contributed by atoms with E-state index in [4.69, 9.17) is 32.7 Å². The van der Waals surface area contributed by atoms with Crippen LogP contribution in [0.4, 0.5) is 4.79 Å². The summed E-state index contributed by atoms with van der Waals surface area (Å²) in [4.78, 5) is 14.2. The van der Waals surface area contributed by atoms with Crippen molar-refractivity contribution in [3.05, 3.63) is 33.8 Å². The lowest BCUT2D eigenvalue weighted by Gasteiger charge is -2.34. The molecule has 132 valence electrons. The van der Waals surface area contributed by atoms with Crippen LogP contribution in [0, 0.1) is 5.92 Å². The van der Waals surface area contributed by atoms with Crippen molar-refractivity contribution in [2.75, 3.05) is 39.5 Å². The van der Waals surface area contributed by atoms with Crippen molar-refractivity contribution in [3.63, 3.8) is 0 Å². The van der Waals surface area contributed by atoms with E-state index in [0.717, 1.165) is 31.6 Å². The second-order valence-corrected chi connectivity index (χ2v) is 7.04. The first-order valence-corrected chi connectivity index (χ1v) is 9.06. The van der Waals surface area contributed by atoms with Gasteiger partial charge in [0.2, 0.25) is 0 Å². The van der Waals surface area contributed by atoms with Gasteiger partial charge >= 0.3 is 6.03 Å². The zero-order valence-electron chi connectivity index (χ0n) is 13.5. The van der Waals surface area contributed by atoms with Crippen LogP contribution in [-0.2, 0) is 9.47 Å². The molecule has 2 aliphatic rings. The zero-order chi connectivity index (χ0) is 16.9. The Hall–Kier alpha value is -1.01. The molecule has 24 heavy (non-hydrogen) atoms. The number of hydrogen-bond acceptors (Lipinski definition) is 3. The maximum absolute atomic E-state index is 12.4. The molecule has 0 aromatic heterocycles. The number of carbonyl (C=O) groups excluding carboxylic acids is 1. The lowest BCUT2D eigenvalue weighted by molar-refractivity contribution is -0.0157. The average Bonchev–Trinajstić information content (AvgIpc) is 2.63. The molecule has 1 unspecified atom stereocenters. The van der Waals surface area contributed by atoms with E-state index in [1.54, 1.807) is 17.0 Å². The molecule has 3 rings (SSSR count). The first-order valence-electron chi connectivity index (χ1n) is 8.30. The van der Waals surface area contributed by atoms with Crippen LogP contribution in [0.2, 0.25) is 10.0 Å². The fourth-order valence-electron chi connectivity index (χ4n) is 3.04. The highest BCUT2D eigenvalue weighted by molar-refractivity contribution is 6.42. The zero-order valence-corrected chi connectivity index (χ0v) is 15.0. The number of ether oxygens (including phenoxy) is 2. The van der Waals surface area contributed by atoms with Crippen molar-refractivity contribution in [2.45, 2.75) is 18.9 Å². The van der Waals surface area contributed by atoms with Gasteiger partial charge in [-0.2, -0.15) is 0 Å². The highest BCUT2D eigenvalue weighted by Gasteiger charge is 2.26. The maximum atomic E-state index is 12.4. The van der Waals surface area contributed by atoms with Crippen LogP contribution in [0.25, 0.3) is 0 Å². The Bertz CT molecular complexity index is 579. The standard InChI is InChI=1S/C17H22Cl2N2O3/c18-14-2-1-13(9-15(14)19)16-11-21(5-8-24-16)17(22)20-10-12-3-6-23-7-4-12/h1-2,9,12,16H,3-8,10-11H2,(H,20,22). The van der Waals surface area contributed by atoms with Gasteiger partial charge in [0, 0.05) is 26.3 Å². The summed E-state index contributed by atoms with van der Waals surface area (Å²) >= 11 is 12.0. The minimum atomic E-state index is -0.178. The summed E-state index contributed by atoms with van der Waals surface area (Å²) in [6.07, 6.45) is 1.84. The van der Waals surface area contributed by atoms with E-state index in [-0.39, 0.29) is 12.1 Å². The predicted octanol–water partition coefficient (Wildman–Crippen LogP) is 3.50. The molecule has 0 aliphatic carbocycles. The Balaban J connectivity index is 1.54. The van der Waals surface area contributed by atoms with E-state index in [9.17, 15) is 4.79 Å². The van der Waals surface area contributed by atoms with Gasteiger partial charge in [-0.25, -0.2) is 4.79 Å². The number of urea groups is 1. The Morgan fingerprint density at radius 3 is 2.75 bits per heavy atom.